The maximum Gasteiger partial charge on any atom is 0.164 e. The van der Waals surface area contributed by atoms with Crippen molar-refractivity contribution in [2.24, 2.45) is 0 Å². The topological polar surface area (TPSA) is 38.7 Å². The molecule has 0 radical (unpaired) electrons. The highest BCUT2D eigenvalue weighted by Gasteiger charge is 2.18. The van der Waals surface area contributed by atoms with Crippen molar-refractivity contribution in [3.05, 3.63) is 164 Å². The lowest BCUT2D eigenvalue weighted by atomic mass is 9.96. The molecule has 0 saturated carbocycles. The molecule has 0 unspecified atom stereocenters. The molecule has 0 bridgehead atoms. The summed E-state index contributed by atoms with van der Waals surface area (Å²) in [6.45, 7) is 0. The fourth-order valence-electron chi connectivity index (χ4n) is 7.25. The fourth-order valence-corrected chi connectivity index (χ4v) is 8.38. The summed E-state index contributed by atoms with van der Waals surface area (Å²) < 4.78 is 2.58. The van der Waals surface area contributed by atoms with Crippen LogP contribution in [0.5, 0.6) is 0 Å². The Balaban J connectivity index is 1.23. The minimum Gasteiger partial charge on any atom is -0.208 e. The van der Waals surface area contributed by atoms with Gasteiger partial charge in [0.05, 0.1) is 0 Å². The zero-order chi connectivity index (χ0) is 32.3. The highest BCUT2D eigenvalue weighted by molar-refractivity contribution is 7.25. The summed E-state index contributed by atoms with van der Waals surface area (Å²) in [5, 5.41) is 9.51. The molecule has 0 N–H and O–H groups in total. The van der Waals surface area contributed by atoms with Crippen molar-refractivity contribution in [1.29, 1.82) is 0 Å². The molecule has 4 heteroatoms. The summed E-state index contributed by atoms with van der Waals surface area (Å²) in [5.74, 6) is 1.96. The second-order valence-corrected chi connectivity index (χ2v) is 13.5. The third kappa shape index (κ3) is 4.61. The average Bonchev–Trinajstić information content (AvgIpc) is 3.56. The molecule has 0 fully saturated rings. The molecule has 49 heavy (non-hydrogen) atoms. The fraction of sp³-hybridized carbons (Fsp3) is 0. The van der Waals surface area contributed by atoms with E-state index in [4.69, 9.17) is 15.0 Å². The molecule has 0 atom stereocenters. The zero-order valence-corrected chi connectivity index (χ0v) is 27.2. The van der Waals surface area contributed by atoms with Crippen LogP contribution in [0.3, 0.4) is 0 Å². The minimum absolute atomic E-state index is 0.648. The number of fused-ring (bicyclic) bond motifs is 7. The normalized spacial score (nSPS) is 11.7. The maximum absolute atomic E-state index is 5.25. The van der Waals surface area contributed by atoms with Gasteiger partial charge < -0.3 is 0 Å². The van der Waals surface area contributed by atoms with E-state index in [1.54, 1.807) is 0 Å². The van der Waals surface area contributed by atoms with Crippen LogP contribution >= 0.6 is 11.3 Å². The summed E-state index contributed by atoms with van der Waals surface area (Å²) in [6, 6.07) is 58.0. The van der Waals surface area contributed by atoms with E-state index in [0.29, 0.717) is 17.5 Å². The maximum atomic E-state index is 5.25. The Bertz CT molecular complexity index is 2900. The van der Waals surface area contributed by atoms with E-state index in [2.05, 4.69) is 164 Å². The number of thiophene rings is 1. The first-order valence-electron chi connectivity index (χ1n) is 16.4. The highest BCUT2D eigenvalue weighted by atomic mass is 32.1. The molecule has 10 aromatic rings. The monoisotopic (exact) mass is 641 g/mol. The molecule has 3 nitrogen and oxygen atoms in total. The summed E-state index contributed by atoms with van der Waals surface area (Å²) in [6.07, 6.45) is 0. The Morgan fingerprint density at radius 3 is 1.78 bits per heavy atom. The van der Waals surface area contributed by atoms with E-state index in [1.165, 1.54) is 36.5 Å². The third-order valence-corrected chi connectivity index (χ3v) is 10.6. The van der Waals surface area contributed by atoms with E-state index in [1.807, 2.05) is 11.3 Å². The van der Waals surface area contributed by atoms with E-state index >= 15 is 0 Å². The van der Waals surface area contributed by atoms with E-state index in [9.17, 15) is 0 Å². The van der Waals surface area contributed by atoms with Gasteiger partial charge in [-0.15, -0.1) is 11.3 Å². The molecule has 228 valence electrons. The molecule has 8 aromatic carbocycles. The predicted molar refractivity (Wildman–Crippen MR) is 207 cm³/mol. The van der Waals surface area contributed by atoms with Gasteiger partial charge >= 0.3 is 0 Å². The summed E-state index contributed by atoms with van der Waals surface area (Å²) in [5.41, 5.74) is 5.27. The molecule has 10 rings (SSSR count). The highest BCUT2D eigenvalue weighted by Crippen LogP contribution is 2.41. The smallest absolute Gasteiger partial charge is 0.164 e. The first-order chi connectivity index (χ1) is 24.3. The molecule has 0 aliphatic rings. The Morgan fingerprint density at radius 2 is 0.898 bits per heavy atom. The van der Waals surface area contributed by atoms with Crippen molar-refractivity contribution in [2.45, 2.75) is 0 Å². The average molecular weight is 642 g/mol. The number of nitrogens with zero attached hydrogens (tertiary/aromatic N) is 3. The van der Waals surface area contributed by atoms with Gasteiger partial charge in [-0.1, -0.05) is 140 Å². The van der Waals surface area contributed by atoms with Crippen LogP contribution in [-0.4, -0.2) is 15.0 Å². The van der Waals surface area contributed by atoms with Crippen molar-refractivity contribution in [1.82, 2.24) is 15.0 Å². The Kier molecular flexibility index (Phi) is 6.36. The second-order valence-electron chi connectivity index (χ2n) is 12.4. The van der Waals surface area contributed by atoms with Crippen LogP contribution in [0, 0.1) is 0 Å². The van der Waals surface area contributed by atoms with E-state index < -0.39 is 0 Å². The van der Waals surface area contributed by atoms with Crippen molar-refractivity contribution >= 4 is 63.8 Å². The standard InChI is InChI=1S/C45H27N3S/c1-3-17-32-28(12-1)14-10-23-37(32)44-46-43(47-45(48-44)39-27-30-13-2-4-18-33(30)35-19-5-6-20-36(35)39)31-16-9-15-29(26-31)34-22-11-25-41-42(34)38-21-7-8-24-40(38)49-41/h1-27H. The lowest BCUT2D eigenvalue weighted by Gasteiger charge is -2.13. The van der Waals surface area contributed by atoms with E-state index in [-0.39, 0.29) is 0 Å². The third-order valence-electron chi connectivity index (χ3n) is 9.51. The summed E-state index contributed by atoms with van der Waals surface area (Å²) in [7, 11) is 0. The molecular formula is C45H27N3S. The molecule has 0 aliphatic heterocycles. The van der Waals surface area contributed by atoms with Crippen LogP contribution in [0.25, 0.3) is 97.8 Å². The van der Waals surface area contributed by atoms with Crippen molar-refractivity contribution < 1.29 is 0 Å². The molecule has 0 saturated heterocycles. The molecule has 2 heterocycles. The van der Waals surface area contributed by atoms with Gasteiger partial charge in [0.15, 0.2) is 17.5 Å². The SMILES string of the molecule is c1cc(-c2nc(-c3cccc4ccccc34)nc(-c3cc4ccccc4c4ccccc34)n2)cc(-c2cccc3sc4ccccc4c23)c1. The largest absolute Gasteiger partial charge is 0.208 e. The van der Waals surface area contributed by atoms with Gasteiger partial charge in [-0.05, 0) is 67.7 Å². The van der Waals surface area contributed by atoms with Gasteiger partial charge in [0, 0.05) is 36.9 Å². The number of aromatic nitrogens is 3. The molecule has 2 aromatic heterocycles. The van der Waals surface area contributed by atoms with Gasteiger partial charge in [-0.2, -0.15) is 0 Å². The minimum atomic E-state index is 0.648. The lowest BCUT2D eigenvalue weighted by molar-refractivity contribution is 1.08. The predicted octanol–water partition coefficient (Wildman–Crippen LogP) is 12.4. The van der Waals surface area contributed by atoms with Crippen molar-refractivity contribution in [3.8, 4) is 45.3 Å². The Labute approximate surface area is 286 Å². The van der Waals surface area contributed by atoms with Gasteiger partial charge in [0.2, 0.25) is 0 Å². The number of hydrogen-bond donors (Lipinski definition) is 0. The van der Waals surface area contributed by atoms with Crippen molar-refractivity contribution in [3.63, 3.8) is 0 Å². The Hall–Kier alpha value is -6.23. The first kappa shape index (κ1) is 27.8. The number of hydrogen-bond acceptors (Lipinski definition) is 4. The summed E-state index contributed by atoms with van der Waals surface area (Å²) >= 11 is 1.84. The van der Waals surface area contributed by atoms with Gasteiger partial charge in [-0.3, -0.25) is 0 Å². The van der Waals surface area contributed by atoms with Crippen LogP contribution < -0.4 is 0 Å². The van der Waals surface area contributed by atoms with Crippen LogP contribution in [0.1, 0.15) is 0 Å². The van der Waals surface area contributed by atoms with Crippen LogP contribution in [0.4, 0.5) is 0 Å². The summed E-state index contributed by atoms with van der Waals surface area (Å²) in [4.78, 5) is 15.7. The molecular weight excluding hydrogens is 615 g/mol. The molecule has 0 aliphatic carbocycles. The number of rotatable bonds is 4. The zero-order valence-electron chi connectivity index (χ0n) is 26.3. The molecule has 0 amide bonds. The van der Waals surface area contributed by atoms with Crippen LogP contribution in [0.2, 0.25) is 0 Å². The quantitative estimate of drug-likeness (QED) is 0.180. The Morgan fingerprint density at radius 1 is 0.327 bits per heavy atom. The number of benzene rings is 8. The van der Waals surface area contributed by atoms with Crippen molar-refractivity contribution in [2.75, 3.05) is 0 Å². The van der Waals surface area contributed by atoms with Gasteiger partial charge in [-0.25, -0.2) is 15.0 Å². The van der Waals surface area contributed by atoms with Gasteiger partial charge in [0.1, 0.15) is 0 Å². The molecule has 0 spiro atoms. The second kappa shape index (κ2) is 11.2. The van der Waals surface area contributed by atoms with Crippen LogP contribution in [-0.2, 0) is 0 Å². The van der Waals surface area contributed by atoms with Gasteiger partial charge in [0.25, 0.3) is 0 Å². The first-order valence-corrected chi connectivity index (χ1v) is 17.3. The lowest BCUT2D eigenvalue weighted by Crippen LogP contribution is -2.01. The van der Waals surface area contributed by atoms with Crippen LogP contribution in [0.15, 0.2) is 164 Å². The van der Waals surface area contributed by atoms with E-state index in [0.717, 1.165) is 43.8 Å².